The van der Waals surface area contributed by atoms with Gasteiger partial charge in [-0.05, 0) is 43.2 Å². The van der Waals surface area contributed by atoms with Crippen LogP contribution >= 0.6 is 7.60 Å². The predicted octanol–water partition coefficient (Wildman–Crippen LogP) is 0.244. The molecule has 0 saturated heterocycles. The fourth-order valence-corrected chi connectivity index (χ4v) is 6.59. The summed E-state index contributed by atoms with van der Waals surface area (Å²) in [4.78, 5) is 64.1. The van der Waals surface area contributed by atoms with Gasteiger partial charge in [0, 0.05) is 60.1 Å². The van der Waals surface area contributed by atoms with Gasteiger partial charge in [0.25, 0.3) is 0 Å². The number of nitrogens with zero attached hydrogens (tertiary/aromatic N) is 1. The number of rotatable bonds is 31. The van der Waals surface area contributed by atoms with E-state index >= 15 is 0 Å². The van der Waals surface area contributed by atoms with Crippen LogP contribution in [0, 0.1) is 5.92 Å². The number of benzene rings is 1. The Morgan fingerprint density at radius 3 is 1.62 bits per heavy atom. The van der Waals surface area contributed by atoms with Crippen LogP contribution in [0.3, 0.4) is 0 Å². The molecule has 0 bridgehead atoms. The first-order valence-electron chi connectivity index (χ1n) is 19.0. The van der Waals surface area contributed by atoms with Crippen LogP contribution in [0.2, 0.25) is 0 Å². The first kappa shape index (κ1) is 49.1. The number of amides is 4. The molecule has 18 nitrogen and oxygen atoms in total. The zero-order valence-electron chi connectivity index (χ0n) is 33.4. The van der Waals surface area contributed by atoms with Crippen LogP contribution in [0.4, 0.5) is 0 Å². The number of hydrogen-bond acceptors (Lipinski definition) is 13. The quantitative estimate of drug-likeness (QED) is 0.0501. The molecule has 2 atom stereocenters. The molecule has 56 heavy (non-hydrogen) atoms. The highest BCUT2D eigenvalue weighted by atomic mass is 31.2. The van der Waals surface area contributed by atoms with Gasteiger partial charge < -0.3 is 59.1 Å². The molecule has 5 N–H and O–H groups in total. The number of carbonyl (C=O) groups is 4. The Morgan fingerprint density at radius 1 is 0.696 bits per heavy atom. The maximum atomic E-state index is 13.8. The van der Waals surface area contributed by atoms with Gasteiger partial charge in [-0.3, -0.25) is 28.6 Å². The Hall–Kier alpha value is -3.03. The van der Waals surface area contributed by atoms with E-state index in [2.05, 4.69) is 21.3 Å². The lowest BCUT2D eigenvalue weighted by Gasteiger charge is -2.30. The highest BCUT2D eigenvalue weighted by Crippen LogP contribution is 2.42. The van der Waals surface area contributed by atoms with Crippen molar-refractivity contribution in [1.82, 2.24) is 26.2 Å². The third kappa shape index (κ3) is 22.6. The van der Waals surface area contributed by atoms with Gasteiger partial charge in [-0.2, -0.15) is 0 Å². The van der Waals surface area contributed by atoms with Crippen molar-refractivity contribution in [3.05, 3.63) is 35.4 Å². The van der Waals surface area contributed by atoms with Crippen molar-refractivity contribution in [2.45, 2.75) is 50.8 Å². The zero-order chi connectivity index (χ0) is 41.0. The van der Waals surface area contributed by atoms with Gasteiger partial charge in [-0.15, -0.1) is 0 Å². The van der Waals surface area contributed by atoms with Gasteiger partial charge in [0.1, 0.15) is 0 Å². The molecule has 0 radical (unpaired) electrons. The average Bonchev–Trinajstić information content (AvgIpc) is 3.16. The summed E-state index contributed by atoms with van der Waals surface area (Å²) in [6.07, 6.45) is 2.04. The van der Waals surface area contributed by atoms with E-state index in [1.165, 1.54) is 4.90 Å². The summed E-state index contributed by atoms with van der Waals surface area (Å²) in [5, 5.41) is 11.5. The van der Waals surface area contributed by atoms with Crippen LogP contribution in [0.15, 0.2) is 24.3 Å². The summed E-state index contributed by atoms with van der Waals surface area (Å²) >= 11 is 0. The van der Waals surface area contributed by atoms with Crippen LogP contribution in [-0.4, -0.2) is 166 Å². The Morgan fingerprint density at radius 2 is 1.16 bits per heavy atom. The summed E-state index contributed by atoms with van der Waals surface area (Å²) in [7, 11) is 1.13. The second kappa shape index (κ2) is 29.2. The number of methoxy groups -OCH3 is 3. The molecule has 19 heteroatoms. The van der Waals surface area contributed by atoms with Gasteiger partial charge in [-0.25, -0.2) is 0 Å². The van der Waals surface area contributed by atoms with Crippen LogP contribution in [-0.2, 0) is 69.7 Å². The molecular formula is C37H64N5O13P. The van der Waals surface area contributed by atoms with Crippen LogP contribution in [0.1, 0.15) is 36.8 Å². The predicted molar refractivity (Wildman–Crippen MR) is 207 cm³/mol. The first-order valence-corrected chi connectivity index (χ1v) is 21.1. The summed E-state index contributed by atoms with van der Waals surface area (Å²) in [6, 6.07) is 6.50. The van der Waals surface area contributed by atoms with E-state index in [9.17, 15) is 28.6 Å². The smallest absolute Gasteiger partial charge is 0.325 e. The summed E-state index contributed by atoms with van der Waals surface area (Å²) in [5.74, 6) is -1.45. The van der Waals surface area contributed by atoms with Crippen molar-refractivity contribution in [2.24, 2.45) is 5.92 Å². The number of ether oxygens (including phenoxy) is 6. The zero-order valence-corrected chi connectivity index (χ0v) is 34.3. The molecule has 320 valence electrons. The molecule has 4 amide bonds. The molecule has 2 rings (SSSR count). The van der Waals surface area contributed by atoms with Crippen molar-refractivity contribution < 1.29 is 61.6 Å². The third-order valence-electron chi connectivity index (χ3n) is 8.72. The summed E-state index contributed by atoms with van der Waals surface area (Å²) in [5.41, 5.74) is 1.62. The summed E-state index contributed by atoms with van der Waals surface area (Å²) in [6.45, 7) is 4.80. The third-order valence-corrected chi connectivity index (χ3v) is 9.41. The van der Waals surface area contributed by atoms with Crippen LogP contribution in [0.5, 0.6) is 0 Å². The molecule has 1 aliphatic carbocycles. The topological polar surface area (TPSA) is 222 Å². The standard InChI is InChI=1S/C37H64N5O13P/c1-49-19-22-52-16-13-38-34(43)27-42(28-35(44)39-14-17-53-23-20-50-2)33(37(46)40-15-18-54-24-21-51-3)25-29-5-7-30(8-6-29)26-41-36(45)31-9-11-32(12-10-31)55-56(4,47)48/h5-8,31-33H,9-28H2,1-4H3,(H,38,43)(H,39,44)(H,40,46)(H,41,45)(H,47,48)/t31?,32?,33-/m0/s1. The molecule has 1 saturated carbocycles. The molecular weight excluding hydrogens is 753 g/mol. The molecule has 1 aromatic carbocycles. The normalized spacial score (nSPS) is 17.2. The van der Waals surface area contributed by atoms with Crippen molar-refractivity contribution >= 4 is 31.2 Å². The molecule has 0 spiro atoms. The number of carbonyl (C=O) groups excluding carboxylic acids is 4. The maximum Gasteiger partial charge on any atom is 0.325 e. The minimum atomic E-state index is -3.58. The van der Waals surface area contributed by atoms with Gasteiger partial charge in [-0.1, -0.05) is 24.3 Å². The van der Waals surface area contributed by atoms with Crippen molar-refractivity contribution in [3.8, 4) is 0 Å². The van der Waals surface area contributed by atoms with Gasteiger partial charge >= 0.3 is 7.60 Å². The fourth-order valence-electron chi connectivity index (χ4n) is 5.82. The molecule has 1 fully saturated rings. The van der Waals surface area contributed by atoms with E-state index in [-0.39, 0.29) is 94.6 Å². The SMILES string of the molecule is COCCOCCNC(=O)CN(CC(=O)NCCOCCOC)[C@@H](Cc1ccc(CNC(=O)C2CCC(OP(C)(=O)O)CC2)cc1)C(=O)NCCOCCOC. The lowest BCUT2D eigenvalue weighted by atomic mass is 9.87. The highest BCUT2D eigenvalue weighted by molar-refractivity contribution is 7.51. The summed E-state index contributed by atoms with van der Waals surface area (Å²) < 4.78 is 48.2. The van der Waals surface area contributed by atoms with Gasteiger partial charge in [0.15, 0.2) is 0 Å². The lowest BCUT2D eigenvalue weighted by molar-refractivity contribution is -0.132. The minimum Gasteiger partial charge on any atom is -0.382 e. The van der Waals surface area contributed by atoms with Crippen molar-refractivity contribution in [3.63, 3.8) is 0 Å². The molecule has 0 heterocycles. The average molecular weight is 818 g/mol. The van der Waals surface area contributed by atoms with Gasteiger partial charge in [0.2, 0.25) is 23.6 Å². The molecule has 1 aromatic rings. The van der Waals surface area contributed by atoms with Gasteiger partial charge in [0.05, 0.1) is 84.7 Å². The largest absolute Gasteiger partial charge is 0.382 e. The Bertz CT molecular complexity index is 1280. The van der Waals surface area contributed by atoms with E-state index in [0.29, 0.717) is 71.9 Å². The van der Waals surface area contributed by atoms with Crippen LogP contribution in [0.25, 0.3) is 0 Å². The number of hydrogen-bond donors (Lipinski definition) is 5. The van der Waals surface area contributed by atoms with Crippen molar-refractivity contribution in [2.75, 3.05) is 120 Å². The Labute approximate surface area is 330 Å². The number of nitrogens with one attached hydrogen (secondary N) is 4. The Kier molecular flexibility index (Phi) is 25.6. The molecule has 0 aromatic heterocycles. The van der Waals surface area contributed by atoms with E-state index in [0.717, 1.165) is 17.8 Å². The maximum absolute atomic E-state index is 13.8. The van der Waals surface area contributed by atoms with Crippen molar-refractivity contribution in [1.29, 1.82) is 0 Å². The molecule has 0 aliphatic heterocycles. The van der Waals surface area contributed by atoms with E-state index in [1.54, 1.807) is 21.3 Å². The second-order valence-corrected chi connectivity index (χ2v) is 15.2. The first-order chi connectivity index (χ1) is 26.9. The second-order valence-electron chi connectivity index (χ2n) is 13.3. The lowest BCUT2D eigenvalue weighted by Crippen LogP contribution is -2.54. The van der Waals surface area contributed by atoms with E-state index in [1.807, 2.05) is 24.3 Å². The van der Waals surface area contributed by atoms with Crippen LogP contribution < -0.4 is 21.3 Å². The monoisotopic (exact) mass is 817 g/mol. The minimum absolute atomic E-state index is 0.0885. The van der Waals surface area contributed by atoms with E-state index < -0.39 is 13.6 Å². The Balaban J connectivity index is 2.13. The van der Waals surface area contributed by atoms with E-state index in [4.69, 9.17) is 32.9 Å². The molecule has 1 unspecified atom stereocenters. The fraction of sp³-hybridized carbons (Fsp3) is 0.730. The molecule has 1 aliphatic rings. The highest BCUT2D eigenvalue weighted by Gasteiger charge is 2.31.